The highest BCUT2D eigenvalue weighted by atomic mass is 16.7. The first-order valence-electron chi connectivity index (χ1n) is 16.3. The molecule has 2 aliphatic rings. The lowest BCUT2D eigenvalue weighted by Crippen LogP contribution is -2.64. The number of hydrogen-bond acceptors (Lipinski definition) is 19. The van der Waals surface area contributed by atoms with Gasteiger partial charge < -0.3 is 88.6 Å². The summed E-state index contributed by atoms with van der Waals surface area (Å²) in [4.78, 5) is 14.1. The molecule has 2 aromatic carbocycles. The lowest BCUT2D eigenvalue weighted by Gasteiger charge is -2.45. The number of rotatable bonds is 15. The molecular weight excluding hydrogens is 700 g/mol. The molecule has 0 spiro atoms. The van der Waals surface area contributed by atoms with Crippen molar-refractivity contribution in [3.8, 4) is 40.1 Å². The molecule has 0 aliphatic carbocycles. The molecule has 52 heavy (non-hydrogen) atoms. The fourth-order valence-corrected chi connectivity index (χ4v) is 5.71. The molecule has 3 aromatic rings. The molecule has 288 valence electrons. The Balaban J connectivity index is 1.55. The highest BCUT2D eigenvalue weighted by molar-refractivity contribution is 5.88. The van der Waals surface area contributed by atoms with Crippen molar-refractivity contribution in [3.05, 3.63) is 40.6 Å². The average molecular weight is 743 g/mol. The van der Waals surface area contributed by atoms with Gasteiger partial charge in [0.1, 0.15) is 85.0 Å². The van der Waals surface area contributed by atoms with E-state index in [2.05, 4.69) is 0 Å². The number of benzene rings is 2. The quantitative estimate of drug-likeness (QED) is 0.0758. The van der Waals surface area contributed by atoms with E-state index in [0.29, 0.717) is 0 Å². The minimum absolute atomic E-state index is 0.0380. The monoisotopic (exact) mass is 742 g/mol. The van der Waals surface area contributed by atoms with Crippen LogP contribution < -0.4 is 24.4 Å². The van der Waals surface area contributed by atoms with Gasteiger partial charge in [0.15, 0.2) is 23.5 Å². The molecule has 0 saturated carbocycles. The molecule has 1 aromatic heterocycles. The lowest BCUT2D eigenvalue weighted by molar-refractivity contribution is -0.349. The first kappa shape index (κ1) is 39.4. The molecule has 2 fully saturated rings. The molecule has 0 bridgehead atoms. The van der Waals surface area contributed by atoms with Crippen LogP contribution in [0.25, 0.3) is 22.3 Å². The molecule has 3 heterocycles. The van der Waals surface area contributed by atoms with Crippen molar-refractivity contribution >= 4 is 11.0 Å². The number of aliphatic hydroxyl groups is 9. The van der Waals surface area contributed by atoms with Crippen molar-refractivity contribution in [1.82, 2.24) is 0 Å². The van der Waals surface area contributed by atoms with Crippen molar-refractivity contribution in [2.24, 2.45) is 0 Å². The number of ether oxygens (including phenoxy) is 7. The number of aliphatic hydroxyl groups excluding tert-OH is 9. The summed E-state index contributed by atoms with van der Waals surface area (Å²) in [5.74, 6) is -1.31. The standard InChI is InChI=1S/C33H42O19/c1-14-23(39)25(41)27(43)32(48-14)51-30-21(13-37)50-33(28(44)26(30)42)52-31-24(40)22-17(38)11-16(45-7-4-34)12-20(22)49-29(31)15-2-3-18(46-8-5-35)19(10-15)47-9-6-36/h2-3,10-12,14,21,23,25-28,30,32-39,41-44H,4-9,13H2,1H3/t14-,21+,23-,25+,26+,27-,28+,30-,32?,33-/m0/s1. The van der Waals surface area contributed by atoms with Gasteiger partial charge in [0.05, 0.1) is 32.5 Å². The SMILES string of the molecule is C[C@@H]1OC(O[C@@H]2[C@H](O)[C@@H](O)[C@H](Oc3c(-c4ccc(OCCO)c(OCCO)c4)oc4cc(OCCO)cc(O)c4c3=O)O[C@@H]2CO)[C@@H](O)[C@H](O)[C@H]1O. The van der Waals surface area contributed by atoms with Crippen LogP contribution >= 0.6 is 0 Å². The Morgan fingerprint density at radius 2 is 1.38 bits per heavy atom. The predicted molar refractivity (Wildman–Crippen MR) is 173 cm³/mol. The van der Waals surface area contributed by atoms with Gasteiger partial charge in [-0.15, -0.1) is 0 Å². The Morgan fingerprint density at radius 1 is 0.731 bits per heavy atom. The zero-order chi connectivity index (χ0) is 37.7. The highest BCUT2D eigenvalue weighted by Gasteiger charge is 2.51. The van der Waals surface area contributed by atoms with Gasteiger partial charge in [0.25, 0.3) is 0 Å². The van der Waals surface area contributed by atoms with Crippen molar-refractivity contribution < 1.29 is 88.6 Å². The zero-order valence-electron chi connectivity index (χ0n) is 27.8. The van der Waals surface area contributed by atoms with E-state index in [0.717, 1.165) is 6.07 Å². The maximum atomic E-state index is 14.1. The van der Waals surface area contributed by atoms with Crippen LogP contribution in [0.15, 0.2) is 39.5 Å². The summed E-state index contributed by atoms with van der Waals surface area (Å²) in [5.41, 5.74) is -1.08. The maximum absolute atomic E-state index is 14.1. The Bertz CT molecular complexity index is 1700. The largest absolute Gasteiger partial charge is 0.507 e. The van der Waals surface area contributed by atoms with E-state index in [1.165, 1.54) is 31.2 Å². The molecule has 0 radical (unpaired) electrons. The lowest BCUT2D eigenvalue weighted by atomic mass is 9.97. The van der Waals surface area contributed by atoms with Crippen molar-refractivity contribution in [2.45, 2.75) is 68.3 Å². The van der Waals surface area contributed by atoms with E-state index in [9.17, 15) is 55.9 Å². The molecule has 19 nitrogen and oxygen atoms in total. The zero-order valence-corrected chi connectivity index (χ0v) is 27.8. The van der Waals surface area contributed by atoms with Crippen LogP contribution in [0.3, 0.4) is 0 Å². The Labute approximate surface area is 294 Å². The molecule has 19 heteroatoms. The van der Waals surface area contributed by atoms with Crippen molar-refractivity contribution in [2.75, 3.05) is 46.2 Å². The summed E-state index contributed by atoms with van der Waals surface area (Å²) in [6, 6.07) is 6.59. The van der Waals surface area contributed by atoms with Crippen LogP contribution in [0, 0.1) is 0 Å². The van der Waals surface area contributed by atoms with Crippen LogP contribution in [-0.4, -0.2) is 159 Å². The summed E-state index contributed by atoms with van der Waals surface area (Å²) in [7, 11) is 0. The number of phenols is 1. The molecular formula is C33H42O19. The summed E-state index contributed by atoms with van der Waals surface area (Å²) in [5, 5.41) is 101. The van der Waals surface area contributed by atoms with Gasteiger partial charge in [-0.3, -0.25) is 4.79 Å². The third-order valence-electron chi connectivity index (χ3n) is 8.32. The second kappa shape index (κ2) is 17.3. The van der Waals surface area contributed by atoms with Crippen LogP contribution in [0.4, 0.5) is 0 Å². The van der Waals surface area contributed by atoms with Crippen LogP contribution in [0.2, 0.25) is 0 Å². The van der Waals surface area contributed by atoms with Crippen LogP contribution in [0.1, 0.15) is 6.92 Å². The van der Waals surface area contributed by atoms with E-state index in [1.54, 1.807) is 0 Å². The molecule has 2 aliphatic heterocycles. The fraction of sp³-hybridized carbons (Fsp3) is 0.545. The van der Waals surface area contributed by atoms with Crippen LogP contribution in [-0.2, 0) is 14.2 Å². The number of fused-ring (bicyclic) bond motifs is 1. The number of aromatic hydroxyl groups is 1. The minimum Gasteiger partial charge on any atom is -0.507 e. The van der Waals surface area contributed by atoms with Crippen LogP contribution in [0.5, 0.6) is 28.7 Å². The highest BCUT2D eigenvalue weighted by Crippen LogP contribution is 2.40. The molecule has 1 unspecified atom stereocenters. The van der Waals surface area contributed by atoms with E-state index >= 15 is 0 Å². The Kier molecular flexibility index (Phi) is 13.1. The molecule has 2 saturated heterocycles. The summed E-state index contributed by atoms with van der Waals surface area (Å²) in [6.45, 7) is -0.916. The first-order chi connectivity index (χ1) is 24.9. The minimum atomic E-state index is -2.01. The average Bonchev–Trinajstić information content (AvgIpc) is 3.13. The Morgan fingerprint density at radius 3 is 2.06 bits per heavy atom. The van der Waals surface area contributed by atoms with Gasteiger partial charge in [-0.25, -0.2) is 0 Å². The smallest absolute Gasteiger partial charge is 0.239 e. The van der Waals surface area contributed by atoms with Gasteiger partial charge in [0, 0.05) is 17.7 Å². The number of phenolic OH excluding ortho intramolecular Hbond substituents is 1. The van der Waals surface area contributed by atoms with E-state index < -0.39 is 84.9 Å². The molecule has 10 N–H and O–H groups in total. The molecule has 0 amide bonds. The summed E-state index contributed by atoms with van der Waals surface area (Å²) in [6.07, 6.45) is -16.5. The number of hydrogen-bond donors (Lipinski definition) is 10. The topological polar surface area (TPSA) is 297 Å². The maximum Gasteiger partial charge on any atom is 0.239 e. The second-order valence-electron chi connectivity index (χ2n) is 11.9. The van der Waals surface area contributed by atoms with Gasteiger partial charge in [-0.05, 0) is 25.1 Å². The van der Waals surface area contributed by atoms with Gasteiger partial charge in [-0.1, -0.05) is 0 Å². The van der Waals surface area contributed by atoms with E-state index in [1.807, 2.05) is 0 Å². The van der Waals surface area contributed by atoms with E-state index in [-0.39, 0.29) is 79.2 Å². The summed E-state index contributed by atoms with van der Waals surface area (Å²) >= 11 is 0. The summed E-state index contributed by atoms with van der Waals surface area (Å²) < 4.78 is 45.3. The van der Waals surface area contributed by atoms with Gasteiger partial charge >= 0.3 is 0 Å². The van der Waals surface area contributed by atoms with Gasteiger partial charge in [-0.2, -0.15) is 0 Å². The van der Waals surface area contributed by atoms with E-state index in [4.69, 9.17) is 37.6 Å². The third-order valence-corrected chi connectivity index (χ3v) is 8.32. The molecule has 5 rings (SSSR count). The van der Waals surface area contributed by atoms with Crippen molar-refractivity contribution in [1.29, 1.82) is 0 Å². The van der Waals surface area contributed by atoms with Crippen molar-refractivity contribution in [3.63, 3.8) is 0 Å². The second-order valence-corrected chi connectivity index (χ2v) is 11.9. The fourth-order valence-electron chi connectivity index (χ4n) is 5.71. The normalized spacial score (nSPS) is 29.2. The molecule has 10 atom stereocenters. The first-order valence-corrected chi connectivity index (χ1v) is 16.3. The third kappa shape index (κ3) is 8.20. The Hall–Kier alpha value is -3.83. The predicted octanol–water partition coefficient (Wildman–Crippen LogP) is -2.69. The van der Waals surface area contributed by atoms with Gasteiger partial charge in [0.2, 0.25) is 17.5 Å².